The summed E-state index contributed by atoms with van der Waals surface area (Å²) in [7, 11) is 0. The zero-order valence-corrected chi connectivity index (χ0v) is 8.02. The number of allylic oxidation sites excluding steroid dienone is 4. The molecule has 2 heteroatoms. The Kier molecular flexibility index (Phi) is 10.5. The fraction of sp³-hybridized carbons (Fsp3) is 0.200. The van der Waals surface area contributed by atoms with Crippen LogP contribution >= 0.6 is 17.0 Å². The van der Waals surface area contributed by atoms with Crippen LogP contribution in [-0.4, -0.2) is 0 Å². The first kappa shape index (κ1) is 10.8. The van der Waals surface area contributed by atoms with Gasteiger partial charge >= 0.3 is 0 Å². The Morgan fingerprint density at radius 1 is 1.43 bits per heavy atom. The monoisotopic (exact) mass is 235 g/mol. The Hall–Kier alpha value is 0.843. The van der Waals surface area contributed by atoms with Gasteiger partial charge in [0.2, 0.25) is 0 Å². The molecule has 0 saturated carbocycles. The molecule has 7 heavy (non-hydrogen) atoms. The standard InChI is InChI=1S/C5H5.BrH.Zr/c1-2-4-5-3-1;;/h1-3H,4H2;1H;/q-1;;. The summed E-state index contributed by atoms with van der Waals surface area (Å²) in [5.74, 6) is 0. The van der Waals surface area contributed by atoms with Crippen LogP contribution in [0.5, 0.6) is 0 Å². The number of halogens is 1. The van der Waals surface area contributed by atoms with Gasteiger partial charge in [-0.1, -0.05) is 0 Å². The van der Waals surface area contributed by atoms with Crippen molar-refractivity contribution in [2.75, 3.05) is 0 Å². The average Bonchev–Trinajstić information content (AvgIpc) is 1.76. The van der Waals surface area contributed by atoms with E-state index in [-0.39, 0.29) is 43.2 Å². The van der Waals surface area contributed by atoms with E-state index in [2.05, 4.69) is 12.2 Å². The van der Waals surface area contributed by atoms with Crippen LogP contribution in [0.25, 0.3) is 0 Å². The van der Waals surface area contributed by atoms with Gasteiger partial charge in [-0.25, -0.2) is 12.2 Å². The van der Waals surface area contributed by atoms with Crippen LogP contribution in [0.3, 0.4) is 0 Å². The molecule has 0 N–H and O–H groups in total. The molecule has 0 heterocycles. The fourth-order valence-corrected chi connectivity index (χ4v) is 0.340. The third kappa shape index (κ3) is 4.70. The van der Waals surface area contributed by atoms with Gasteiger partial charge in [0.1, 0.15) is 0 Å². The number of rotatable bonds is 0. The van der Waals surface area contributed by atoms with Gasteiger partial charge in [-0.3, -0.25) is 6.08 Å². The second kappa shape index (κ2) is 6.84. The van der Waals surface area contributed by atoms with Crippen LogP contribution in [0.2, 0.25) is 0 Å². The normalized spacial score (nSPS) is 12.6. The number of hydrogen-bond acceptors (Lipinski definition) is 0. The van der Waals surface area contributed by atoms with Crippen molar-refractivity contribution < 1.29 is 26.2 Å². The molecule has 0 aromatic carbocycles. The molecule has 1 aliphatic carbocycles. The minimum absolute atomic E-state index is 0. The first-order valence-corrected chi connectivity index (χ1v) is 1.72. The van der Waals surface area contributed by atoms with Gasteiger partial charge < -0.3 is 0 Å². The summed E-state index contributed by atoms with van der Waals surface area (Å²) in [4.78, 5) is 0. The van der Waals surface area contributed by atoms with Crippen molar-refractivity contribution in [3.8, 4) is 0 Å². The molecule has 0 unspecified atom stereocenters. The molecule has 0 atom stereocenters. The largest absolute Gasteiger partial charge is 0.273 e. The molecule has 1 rings (SSSR count). The van der Waals surface area contributed by atoms with Gasteiger partial charge in [0.25, 0.3) is 0 Å². The van der Waals surface area contributed by atoms with E-state index >= 15 is 0 Å². The summed E-state index contributed by atoms with van der Waals surface area (Å²) < 4.78 is 0. The molecule has 0 bridgehead atoms. The van der Waals surface area contributed by atoms with Crippen LogP contribution in [0.4, 0.5) is 0 Å². The molecule has 0 nitrogen and oxygen atoms in total. The van der Waals surface area contributed by atoms with Crippen LogP contribution in [0.1, 0.15) is 6.42 Å². The summed E-state index contributed by atoms with van der Waals surface area (Å²) in [5.41, 5.74) is 0. The van der Waals surface area contributed by atoms with Crippen LogP contribution in [0.15, 0.2) is 18.2 Å². The maximum atomic E-state index is 2.99. The smallest absolute Gasteiger partial charge is 0 e. The molecular weight excluding hydrogens is 231 g/mol. The predicted octanol–water partition coefficient (Wildman–Crippen LogP) is 1.88. The molecule has 1 aliphatic rings. The van der Waals surface area contributed by atoms with Gasteiger partial charge in [0.15, 0.2) is 0 Å². The summed E-state index contributed by atoms with van der Waals surface area (Å²) >= 11 is 0. The molecule has 0 aromatic rings. The topological polar surface area (TPSA) is 0 Å². The van der Waals surface area contributed by atoms with E-state index in [1.54, 1.807) is 0 Å². The maximum Gasteiger partial charge on any atom is 0 e. The van der Waals surface area contributed by atoms with E-state index in [1.165, 1.54) is 0 Å². The predicted molar refractivity (Wildman–Crippen MR) is 31.9 cm³/mol. The van der Waals surface area contributed by atoms with Crippen LogP contribution < -0.4 is 0 Å². The quantitative estimate of drug-likeness (QED) is 0.564. The van der Waals surface area contributed by atoms with E-state index in [0.29, 0.717) is 0 Å². The third-order valence-electron chi connectivity index (χ3n) is 0.586. The summed E-state index contributed by atoms with van der Waals surface area (Å²) in [5, 5.41) is 0. The molecule has 0 saturated heterocycles. The molecule has 0 aromatic heterocycles. The van der Waals surface area contributed by atoms with Crippen molar-refractivity contribution >= 4 is 17.0 Å². The molecule has 0 spiro atoms. The second-order valence-corrected chi connectivity index (χ2v) is 1.00. The molecular formula is C5H6BrZr-. The van der Waals surface area contributed by atoms with Crippen LogP contribution in [0, 0.1) is 6.08 Å². The Morgan fingerprint density at radius 2 is 2.14 bits per heavy atom. The third-order valence-corrected chi connectivity index (χ3v) is 0.586. The van der Waals surface area contributed by atoms with E-state index in [9.17, 15) is 0 Å². The van der Waals surface area contributed by atoms with Gasteiger partial charge in [-0.2, -0.15) is 6.08 Å². The Bertz CT molecular complexity index is 66.1. The minimum Gasteiger partial charge on any atom is -0.273 e. The first-order valence-electron chi connectivity index (χ1n) is 1.72. The molecule has 0 amide bonds. The molecule has 0 aliphatic heterocycles. The van der Waals surface area contributed by atoms with Crippen molar-refractivity contribution in [2.45, 2.75) is 6.42 Å². The maximum absolute atomic E-state index is 2.99. The Balaban J connectivity index is 0. The first-order chi connectivity index (χ1) is 2.50. The van der Waals surface area contributed by atoms with Gasteiger partial charge in [-0.05, 0) is 0 Å². The number of hydrogen-bond donors (Lipinski definition) is 0. The van der Waals surface area contributed by atoms with E-state index in [1.807, 2.05) is 12.2 Å². The minimum atomic E-state index is 0. The molecule has 0 fully saturated rings. The van der Waals surface area contributed by atoms with Crippen molar-refractivity contribution in [1.82, 2.24) is 0 Å². The molecule has 38 valence electrons. The van der Waals surface area contributed by atoms with Crippen molar-refractivity contribution in [1.29, 1.82) is 0 Å². The van der Waals surface area contributed by atoms with E-state index in [0.717, 1.165) is 6.42 Å². The average molecular weight is 237 g/mol. The van der Waals surface area contributed by atoms with Crippen molar-refractivity contribution in [2.24, 2.45) is 0 Å². The fourth-order valence-electron chi connectivity index (χ4n) is 0.340. The van der Waals surface area contributed by atoms with Crippen molar-refractivity contribution in [3.63, 3.8) is 0 Å². The van der Waals surface area contributed by atoms with Gasteiger partial charge in [-0.15, -0.1) is 23.4 Å². The zero-order chi connectivity index (χ0) is 3.54. The van der Waals surface area contributed by atoms with E-state index in [4.69, 9.17) is 0 Å². The second-order valence-electron chi connectivity index (χ2n) is 1.00. The summed E-state index contributed by atoms with van der Waals surface area (Å²) in [6.07, 6.45) is 10.0. The Morgan fingerprint density at radius 3 is 2.29 bits per heavy atom. The zero-order valence-electron chi connectivity index (χ0n) is 3.85. The van der Waals surface area contributed by atoms with Gasteiger partial charge in [0.05, 0.1) is 0 Å². The van der Waals surface area contributed by atoms with Crippen molar-refractivity contribution in [3.05, 3.63) is 24.3 Å². The van der Waals surface area contributed by atoms with E-state index < -0.39 is 0 Å². The summed E-state index contributed by atoms with van der Waals surface area (Å²) in [6.45, 7) is 0. The van der Waals surface area contributed by atoms with Crippen LogP contribution in [-0.2, 0) is 26.2 Å². The summed E-state index contributed by atoms with van der Waals surface area (Å²) in [6, 6.07) is 0. The molecule has 0 radical (unpaired) electrons. The van der Waals surface area contributed by atoms with Gasteiger partial charge in [0, 0.05) is 26.2 Å². The SMILES string of the molecule is Br.[C-]1=CC=CC1.[Zr]. The Labute approximate surface area is 73.6 Å².